The Morgan fingerprint density at radius 1 is 1.42 bits per heavy atom. The van der Waals surface area contributed by atoms with Crippen LogP contribution in [-0.4, -0.2) is 8.42 Å². The van der Waals surface area contributed by atoms with Crippen LogP contribution in [-0.2, 0) is 16.6 Å². The third kappa shape index (κ3) is 3.09. The molecule has 0 bridgehead atoms. The van der Waals surface area contributed by atoms with Crippen LogP contribution in [0.2, 0.25) is 5.02 Å². The van der Waals surface area contributed by atoms with Crippen LogP contribution in [0.4, 0.5) is 5.69 Å². The minimum Gasteiger partial charge on any atom is -0.326 e. The standard InChI is InChI=1S/C12H13ClN2O2S2/c1-8-10(13)3-2-4-11(8)15-19(16,17)12-5-9(6-14)7-18-12/h2-5,7,15H,6,14H2,1H3. The summed E-state index contributed by atoms with van der Waals surface area (Å²) in [5.74, 6) is 0. The van der Waals surface area contributed by atoms with Gasteiger partial charge < -0.3 is 5.73 Å². The molecule has 0 saturated heterocycles. The number of anilines is 1. The fourth-order valence-electron chi connectivity index (χ4n) is 1.51. The molecule has 1 heterocycles. The summed E-state index contributed by atoms with van der Waals surface area (Å²) < 4.78 is 27.2. The lowest BCUT2D eigenvalue weighted by molar-refractivity contribution is 0.603. The second-order valence-corrected chi connectivity index (χ2v) is 7.22. The number of nitrogens with two attached hydrogens (primary N) is 1. The van der Waals surface area contributed by atoms with Gasteiger partial charge in [-0.1, -0.05) is 17.7 Å². The van der Waals surface area contributed by atoms with E-state index in [4.69, 9.17) is 17.3 Å². The van der Waals surface area contributed by atoms with Gasteiger partial charge in [0.05, 0.1) is 5.69 Å². The van der Waals surface area contributed by atoms with Crippen LogP contribution in [0.3, 0.4) is 0 Å². The van der Waals surface area contributed by atoms with Gasteiger partial charge in [0.15, 0.2) is 0 Å². The lowest BCUT2D eigenvalue weighted by Crippen LogP contribution is -2.12. The maximum atomic E-state index is 12.2. The van der Waals surface area contributed by atoms with Gasteiger partial charge >= 0.3 is 0 Å². The molecule has 3 N–H and O–H groups in total. The first kappa shape index (κ1) is 14.3. The molecule has 0 aliphatic carbocycles. The first-order valence-electron chi connectivity index (χ1n) is 5.49. The molecule has 0 spiro atoms. The predicted octanol–water partition coefficient (Wildman–Crippen LogP) is 2.97. The molecule has 0 unspecified atom stereocenters. The van der Waals surface area contributed by atoms with E-state index in [2.05, 4.69) is 4.72 Å². The number of nitrogens with one attached hydrogen (secondary N) is 1. The summed E-state index contributed by atoms with van der Waals surface area (Å²) in [5, 5.41) is 2.26. The van der Waals surface area contributed by atoms with Crippen LogP contribution in [0.25, 0.3) is 0 Å². The maximum absolute atomic E-state index is 12.2. The number of hydrogen-bond donors (Lipinski definition) is 2. The van der Waals surface area contributed by atoms with Gasteiger partial charge in [-0.05, 0) is 41.6 Å². The van der Waals surface area contributed by atoms with Crippen molar-refractivity contribution < 1.29 is 8.42 Å². The zero-order chi connectivity index (χ0) is 14.0. The van der Waals surface area contributed by atoms with Gasteiger partial charge in [0, 0.05) is 11.6 Å². The van der Waals surface area contributed by atoms with Crippen LogP contribution in [0, 0.1) is 6.92 Å². The van der Waals surface area contributed by atoms with E-state index in [1.807, 2.05) is 0 Å². The van der Waals surface area contributed by atoms with Gasteiger partial charge in [-0.2, -0.15) is 0 Å². The van der Waals surface area contributed by atoms with Crippen molar-refractivity contribution in [2.45, 2.75) is 17.7 Å². The van der Waals surface area contributed by atoms with Crippen molar-refractivity contribution in [2.75, 3.05) is 4.72 Å². The molecule has 1 aromatic heterocycles. The molecule has 19 heavy (non-hydrogen) atoms. The Kier molecular flexibility index (Phi) is 4.15. The van der Waals surface area contributed by atoms with E-state index in [9.17, 15) is 8.42 Å². The monoisotopic (exact) mass is 316 g/mol. The summed E-state index contributed by atoms with van der Waals surface area (Å²) in [4.78, 5) is 0. The number of rotatable bonds is 4. The molecule has 0 fully saturated rings. The Bertz CT molecular complexity index is 696. The van der Waals surface area contributed by atoms with Crippen molar-refractivity contribution in [3.05, 3.63) is 45.8 Å². The Balaban J connectivity index is 2.33. The minimum atomic E-state index is -3.59. The van der Waals surface area contributed by atoms with Crippen LogP contribution >= 0.6 is 22.9 Å². The summed E-state index contributed by atoms with van der Waals surface area (Å²) in [5.41, 5.74) is 7.46. The Hall–Kier alpha value is -1.08. The number of halogens is 1. The first-order chi connectivity index (χ1) is 8.94. The number of sulfonamides is 1. The van der Waals surface area contributed by atoms with E-state index in [0.717, 1.165) is 16.9 Å². The van der Waals surface area contributed by atoms with Gasteiger partial charge in [-0.3, -0.25) is 4.72 Å². The highest BCUT2D eigenvalue weighted by molar-refractivity contribution is 7.94. The lowest BCUT2D eigenvalue weighted by atomic mass is 10.2. The van der Waals surface area contributed by atoms with Gasteiger partial charge in [0.1, 0.15) is 4.21 Å². The number of hydrogen-bond acceptors (Lipinski definition) is 4. The molecule has 0 aliphatic heterocycles. The Morgan fingerprint density at radius 2 is 2.16 bits per heavy atom. The maximum Gasteiger partial charge on any atom is 0.271 e. The van der Waals surface area contributed by atoms with Gasteiger partial charge in [-0.15, -0.1) is 11.3 Å². The van der Waals surface area contributed by atoms with E-state index in [-0.39, 0.29) is 4.21 Å². The zero-order valence-corrected chi connectivity index (χ0v) is 12.6. The summed E-state index contributed by atoms with van der Waals surface area (Å²) >= 11 is 7.11. The second kappa shape index (κ2) is 5.50. The third-order valence-corrected chi connectivity index (χ3v) is 5.91. The summed E-state index contributed by atoms with van der Waals surface area (Å²) in [6.45, 7) is 2.09. The summed E-state index contributed by atoms with van der Waals surface area (Å²) in [6.07, 6.45) is 0. The Morgan fingerprint density at radius 3 is 2.79 bits per heavy atom. The van der Waals surface area contributed by atoms with Crippen LogP contribution in [0.1, 0.15) is 11.1 Å². The van der Waals surface area contributed by atoms with E-state index in [1.165, 1.54) is 0 Å². The van der Waals surface area contributed by atoms with Crippen LogP contribution in [0.15, 0.2) is 33.9 Å². The summed E-state index contributed by atoms with van der Waals surface area (Å²) in [7, 11) is -3.59. The Labute approximate surface area is 121 Å². The fraction of sp³-hybridized carbons (Fsp3) is 0.167. The molecule has 0 atom stereocenters. The van der Waals surface area contributed by atoms with E-state index < -0.39 is 10.0 Å². The highest BCUT2D eigenvalue weighted by Crippen LogP contribution is 2.27. The molecule has 0 saturated carbocycles. The number of thiophene rings is 1. The van der Waals surface area contributed by atoms with E-state index >= 15 is 0 Å². The molecular formula is C12H13ClN2O2S2. The molecule has 0 amide bonds. The van der Waals surface area contributed by atoms with E-state index in [0.29, 0.717) is 22.8 Å². The summed E-state index contributed by atoms with van der Waals surface area (Å²) in [6, 6.07) is 6.67. The van der Waals surface area contributed by atoms with Crippen molar-refractivity contribution >= 4 is 38.6 Å². The molecule has 2 rings (SSSR count). The highest BCUT2D eigenvalue weighted by Gasteiger charge is 2.18. The van der Waals surface area contributed by atoms with Crippen molar-refractivity contribution in [2.24, 2.45) is 5.73 Å². The SMILES string of the molecule is Cc1c(Cl)cccc1NS(=O)(=O)c1cc(CN)cs1. The first-order valence-corrected chi connectivity index (χ1v) is 8.23. The van der Waals surface area contributed by atoms with Gasteiger partial charge in [0.2, 0.25) is 0 Å². The molecule has 4 nitrogen and oxygen atoms in total. The average molecular weight is 317 g/mol. The molecule has 1 aromatic carbocycles. The molecule has 2 aromatic rings. The molecule has 7 heteroatoms. The number of benzene rings is 1. The second-order valence-electron chi connectivity index (χ2n) is 4.00. The quantitative estimate of drug-likeness (QED) is 0.911. The molecule has 102 valence electrons. The molecule has 0 aliphatic rings. The topological polar surface area (TPSA) is 72.2 Å². The van der Waals surface area contributed by atoms with Crippen LogP contribution in [0.5, 0.6) is 0 Å². The highest BCUT2D eigenvalue weighted by atomic mass is 35.5. The van der Waals surface area contributed by atoms with Crippen molar-refractivity contribution in [1.82, 2.24) is 0 Å². The normalized spacial score (nSPS) is 11.5. The van der Waals surface area contributed by atoms with Crippen molar-refractivity contribution in [3.63, 3.8) is 0 Å². The third-order valence-electron chi connectivity index (χ3n) is 2.64. The lowest BCUT2D eigenvalue weighted by Gasteiger charge is -2.10. The molecular weight excluding hydrogens is 304 g/mol. The smallest absolute Gasteiger partial charge is 0.271 e. The minimum absolute atomic E-state index is 0.243. The fourth-order valence-corrected chi connectivity index (χ4v) is 4.03. The average Bonchev–Trinajstić information content (AvgIpc) is 2.84. The van der Waals surface area contributed by atoms with Crippen molar-refractivity contribution in [3.8, 4) is 0 Å². The van der Waals surface area contributed by atoms with Gasteiger partial charge in [-0.25, -0.2) is 8.42 Å². The van der Waals surface area contributed by atoms with Gasteiger partial charge in [0.25, 0.3) is 10.0 Å². The van der Waals surface area contributed by atoms with Crippen LogP contribution < -0.4 is 10.5 Å². The van der Waals surface area contributed by atoms with E-state index in [1.54, 1.807) is 36.6 Å². The van der Waals surface area contributed by atoms with Crippen molar-refractivity contribution in [1.29, 1.82) is 0 Å². The predicted molar refractivity (Wildman–Crippen MR) is 79.2 cm³/mol. The largest absolute Gasteiger partial charge is 0.326 e. The zero-order valence-electron chi connectivity index (χ0n) is 10.2. The molecule has 0 radical (unpaired) electrons.